The van der Waals surface area contributed by atoms with E-state index in [-0.39, 0.29) is 16.9 Å². The van der Waals surface area contributed by atoms with Crippen LogP contribution in [0.25, 0.3) is 10.9 Å². The average Bonchev–Trinajstić information content (AvgIpc) is 3.08. The number of carbonyl (C=O) groups is 1. The molecule has 0 spiro atoms. The Hall–Kier alpha value is -1.85. The Balaban J connectivity index is 2.00. The smallest absolute Gasteiger partial charge is 0.259 e. The quantitative estimate of drug-likeness (QED) is 0.853. The van der Waals surface area contributed by atoms with Gasteiger partial charge in [0.15, 0.2) is 0 Å². The lowest BCUT2D eigenvalue weighted by atomic mass is 10.1. The maximum Gasteiger partial charge on any atom is 0.259 e. The van der Waals surface area contributed by atoms with Gasteiger partial charge in [0, 0.05) is 49.3 Å². The number of ether oxygens (including phenoxy) is 1. The Morgan fingerprint density at radius 1 is 1.46 bits per heavy atom. The average molecular weight is 349 g/mol. The highest BCUT2D eigenvalue weighted by atomic mass is 35.5. The molecule has 1 atom stereocenters. The molecule has 0 bridgehead atoms. The van der Waals surface area contributed by atoms with Crippen LogP contribution in [0, 0.1) is 5.92 Å². The number of aromatic nitrogens is 1. The molecular formula is C18H21ClN2O3. The first-order chi connectivity index (χ1) is 11.5. The van der Waals surface area contributed by atoms with Crippen LogP contribution >= 0.6 is 11.6 Å². The summed E-state index contributed by atoms with van der Waals surface area (Å²) in [4.78, 5) is 27.2. The molecule has 2 aromatic rings. The second-order valence-corrected chi connectivity index (χ2v) is 6.67. The van der Waals surface area contributed by atoms with Crippen LogP contribution in [0.5, 0.6) is 0 Å². The zero-order valence-electron chi connectivity index (χ0n) is 13.9. The van der Waals surface area contributed by atoms with Crippen LogP contribution in [0.3, 0.4) is 0 Å². The van der Waals surface area contributed by atoms with Crippen molar-refractivity contribution < 1.29 is 9.53 Å². The van der Waals surface area contributed by atoms with Crippen molar-refractivity contribution >= 4 is 28.4 Å². The predicted molar refractivity (Wildman–Crippen MR) is 94.8 cm³/mol. The summed E-state index contributed by atoms with van der Waals surface area (Å²) in [6.07, 6.45) is 2.60. The molecular weight excluding hydrogens is 328 g/mol. The number of benzene rings is 1. The summed E-state index contributed by atoms with van der Waals surface area (Å²) < 4.78 is 7.27. The number of rotatable bonds is 4. The van der Waals surface area contributed by atoms with E-state index >= 15 is 0 Å². The molecule has 1 fully saturated rings. The highest BCUT2D eigenvalue weighted by molar-refractivity contribution is 6.31. The monoisotopic (exact) mass is 348 g/mol. The molecule has 1 aromatic heterocycles. The van der Waals surface area contributed by atoms with Crippen molar-refractivity contribution in [2.45, 2.75) is 19.9 Å². The van der Waals surface area contributed by atoms with Crippen LogP contribution in [0.15, 0.2) is 29.2 Å². The minimum absolute atomic E-state index is 0.188. The molecule has 1 amide bonds. The minimum atomic E-state index is -0.267. The fourth-order valence-corrected chi connectivity index (χ4v) is 3.36. The van der Waals surface area contributed by atoms with Crippen LogP contribution in [-0.4, -0.2) is 42.2 Å². The Bertz CT molecular complexity index is 825. The molecule has 3 rings (SSSR count). The van der Waals surface area contributed by atoms with Gasteiger partial charge in [-0.1, -0.05) is 11.6 Å². The third-order valence-corrected chi connectivity index (χ3v) is 4.75. The van der Waals surface area contributed by atoms with Gasteiger partial charge in [0.2, 0.25) is 5.43 Å². The summed E-state index contributed by atoms with van der Waals surface area (Å²) in [5, 5.41) is 0.969. The van der Waals surface area contributed by atoms with Crippen LogP contribution in [0.4, 0.5) is 0 Å². The van der Waals surface area contributed by atoms with Gasteiger partial charge in [-0.25, -0.2) is 0 Å². The van der Waals surface area contributed by atoms with Gasteiger partial charge in [0.05, 0.1) is 12.1 Å². The number of carbonyl (C=O) groups excluding carboxylic acids is 1. The van der Waals surface area contributed by atoms with Crippen LogP contribution in [0.2, 0.25) is 5.02 Å². The topological polar surface area (TPSA) is 51.5 Å². The summed E-state index contributed by atoms with van der Waals surface area (Å²) in [7, 11) is 1.73. The third kappa shape index (κ3) is 3.19. The number of nitrogens with zero attached hydrogens (tertiary/aromatic N) is 2. The second-order valence-electron chi connectivity index (χ2n) is 6.23. The molecule has 128 valence electrons. The van der Waals surface area contributed by atoms with E-state index in [9.17, 15) is 9.59 Å². The van der Waals surface area contributed by atoms with E-state index in [1.165, 1.54) is 0 Å². The number of pyridine rings is 1. The summed E-state index contributed by atoms with van der Waals surface area (Å²) in [5.41, 5.74) is 0.708. The Kier molecular flexibility index (Phi) is 4.92. The molecule has 1 aromatic carbocycles. The van der Waals surface area contributed by atoms with Gasteiger partial charge in [0.1, 0.15) is 5.56 Å². The maximum absolute atomic E-state index is 12.8. The van der Waals surface area contributed by atoms with E-state index in [0.29, 0.717) is 36.0 Å². The SMILES string of the molecule is CCn1cc(C(=O)N(C)C[C@@H]2CCOC2)c(=O)c2cc(Cl)ccc21. The molecule has 1 aliphatic rings. The molecule has 0 aliphatic carbocycles. The molecule has 6 heteroatoms. The van der Waals surface area contributed by atoms with Gasteiger partial charge in [-0.2, -0.15) is 0 Å². The lowest BCUT2D eigenvalue weighted by molar-refractivity contribution is 0.0764. The number of aryl methyl sites for hydroxylation is 1. The van der Waals surface area contributed by atoms with Gasteiger partial charge in [-0.05, 0) is 31.5 Å². The molecule has 0 N–H and O–H groups in total. The van der Waals surface area contributed by atoms with E-state index in [1.807, 2.05) is 17.6 Å². The number of fused-ring (bicyclic) bond motifs is 1. The Labute approximate surface area is 145 Å². The van der Waals surface area contributed by atoms with Crippen LogP contribution in [0.1, 0.15) is 23.7 Å². The van der Waals surface area contributed by atoms with E-state index in [1.54, 1.807) is 30.3 Å². The third-order valence-electron chi connectivity index (χ3n) is 4.52. The molecule has 0 unspecified atom stereocenters. The van der Waals surface area contributed by atoms with Gasteiger partial charge >= 0.3 is 0 Å². The van der Waals surface area contributed by atoms with Crippen molar-refractivity contribution in [2.24, 2.45) is 5.92 Å². The number of halogens is 1. The van der Waals surface area contributed by atoms with Crippen molar-refractivity contribution in [1.82, 2.24) is 9.47 Å². The number of hydrogen-bond donors (Lipinski definition) is 0. The summed E-state index contributed by atoms with van der Waals surface area (Å²) in [6.45, 7) is 4.65. The van der Waals surface area contributed by atoms with Crippen molar-refractivity contribution in [3.8, 4) is 0 Å². The van der Waals surface area contributed by atoms with Crippen molar-refractivity contribution in [3.05, 3.63) is 45.2 Å². The maximum atomic E-state index is 12.8. The predicted octanol–water partition coefficient (Wildman–Crippen LogP) is 2.78. The van der Waals surface area contributed by atoms with Crippen LogP contribution in [-0.2, 0) is 11.3 Å². The Morgan fingerprint density at radius 2 is 2.25 bits per heavy atom. The molecule has 2 heterocycles. The first-order valence-electron chi connectivity index (χ1n) is 8.17. The highest BCUT2D eigenvalue weighted by Gasteiger charge is 2.23. The van der Waals surface area contributed by atoms with Gasteiger partial charge in [-0.3, -0.25) is 9.59 Å². The normalized spacial score (nSPS) is 17.4. The number of hydrogen-bond acceptors (Lipinski definition) is 3. The second kappa shape index (κ2) is 6.95. The molecule has 0 radical (unpaired) electrons. The summed E-state index contributed by atoms with van der Waals surface area (Å²) in [5.74, 6) is 0.0817. The zero-order valence-corrected chi connectivity index (χ0v) is 14.7. The van der Waals surface area contributed by atoms with Gasteiger partial charge in [0.25, 0.3) is 5.91 Å². The van der Waals surface area contributed by atoms with Crippen molar-refractivity contribution in [3.63, 3.8) is 0 Å². The minimum Gasteiger partial charge on any atom is -0.381 e. The largest absolute Gasteiger partial charge is 0.381 e. The standard InChI is InChI=1S/C18H21ClN2O3/c1-3-21-10-15(17(22)14-8-13(19)4-5-16(14)21)18(23)20(2)9-12-6-7-24-11-12/h4-5,8,10,12H,3,6-7,9,11H2,1-2H3/t12-/m0/s1. The van der Waals surface area contributed by atoms with E-state index < -0.39 is 0 Å². The van der Waals surface area contributed by atoms with Gasteiger partial charge < -0.3 is 14.2 Å². The van der Waals surface area contributed by atoms with E-state index in [0.717, 1.165) is 18.5 Å². The number of amides is 1. The molecule has 24 heavy (non-hydrogen) atoms. The molecule has 1 aliphatic heterocycles. The highest BCUT2D eigenvalue weighted by Crippen LogP contribution is 2.19. The first-order valence-corrected chi connectivity index (χ1v) is 8.55. The lowest BCUT2D eigenvalue weighted by Gasteiger charge is -2.21. The molecule has 5 nitrogen and oxygen atoms in total. The van der Waals surface area contributed by atoms with Gasteiger partial charge in [-0.15, -0.1) is 0 Å². The molecule has 1 saturated heterocycles. The fraction of sp³-hybridized carbons (Fsp3) is 0.444. The fourth-order valence-electron chi connectivity index (χ4n) is 3.19. The lowest BCUT2D eigenvalue weighted by Crippen LogP contribution is -2.35. The van der Waals surface area contributed by atoms with Crippen molar-refractivity contribution in [2.75, 3.05) is 26.8 Å². The Morgan fingerprint density at radius 3 is 2.92 bits per heavy atom. The summed E-state index contributed by atoms with van der Waals surface area (Å²) in [6, 6.07) is 5.20. The van der Waals surface area contributed by atoms with Crippen molar-refractivity contribution in [1.29, 1.82) is 0 Å². The molecule has 0 saturated carbocycles. The summed E-state index contributed by atoms with van der Waals surface area (Å²) >= 11 is 6.04. The van der Waals surface area contributed by atoms with E-state index in [2.05, 4.69) is 0 Å². The van der Waals surface area contributed by atoms with Crippen LogP contribution < -0.4 is 5.43 Å². The first kappa shape index (κ1) is 17.0. The zero-order chi connectivity index (χ0) is 17.3. The van der Waals surface area contributed by atoms with E-state index in [4.69, 9.17) is 16.3 Å².